The number of carbonyl (C=O) groups excluding carboxylic acids is 3. The van der Waals surface area contributed by atoms with E-state index in [1.165, 1.54) is 4.90 Å². The van der Waals surface area contributed by atoms with E-state index >= 15 is 0 Å². The number of rotatable bonds is 8. The topological polar surface area (TPSA) is 106 Å². The molecule has 3 aliphatic rings. The number of nitrogens with zero attached hydrogens (tertiary/aromatic N) is 3. The van der Waals surface area contributed by atoms with Crippen molar-refractivity contribution in [2.45, 2.75) is 50.7 Å². The van der Waals surface area contributed by atoms with Gasteiger partial charge in [-0.3, -0.25) is 14.4 Å². The van der Waals surface area contributed by atoms with Gasteiger partial charge < -0.3 is 20.3 Å². The summed E-state index contributed by atoms with van der Waals surface area (Å²) in [5.74, 6) is -0.574. The zero-order valence-corrected chi connectivity index (χ0v) is 22.2. The van der Waals surface area contributed by atoms with Gasteiger partial charge in [-0.05, 0) is 68.5 Å². The molecule has 2 aromatic rings. The predicted molar refractivity (Wildman–Crippen MR) is 140 cm³/mol. The first-order chi connectivity index (χ1) is 19.0. The molecule has 11 heteroatoms. The van der Waals surface area contributed by atoms with Gasteiger partial charge in [-0.1, -0.05) is 18.6 Å². The number of halogens is 3. The molecule has 8 nitrogen and oxygen atoms in total. The van der Waals surface area contributed by atoms with Crippen molar-refractivity contribution in [3.8, 4) is 17.0 Å². The first-order valence-corrected chi connectivity index (χ1v) is 13.6. The first-order valence-electron chi connectivity index (χ1n) is 13.6. The third kappa shape index (κ3) is 5.84. The van der Waals surface area contributed by atoms with E-state index in [2.05, 4.69) is 4.98 Å². The molecule has 3 fully saturated rings. The fraction of sp³-hybridized carbons (Fsp3) is 0.517. The zero-order valence-electron chi connectivity index (χ0n) is 22.2. The van der Waals surface area contributed by atoms with Gasteiger partial charge in [-0.15, -0.1) is 0 Å². The van der Waals surface area contributed by atoms with Gasteiger partial charge in [-0.2, -0.15) is 13.2 Å². The standard InChI is InChI=1S/C29H33F3N4O4/c30-29(31,32)28(10-1-11-28)18-35-12-8-19(9-13-35)17-40-25-7-6-22(15-34-25)20-2-4-21(5-3-20)27(39)36-16-23(37)14-24(36)26(33)38/h2-7,15,19,24H,1,8-14,16-18H2,(H2,33,38)/t24-/m0/s1. The lowest BCUT2D eigenvalue weighted by Crippen LogP contribution is -2.53. The smallest absolute Gasteiger partial charge is 0.395 e. The van der Waals surface area contributed by atoms with E-state index in [0.29, 0.717) is 37.6 Å². The molecule has 2 saturated heterocycles. The zero-order chi connectivity index (χ0) is 28.5. The molecule has 2 aliphatic heterocycles. The maximum atomic E-state index is 13.5. The summed E-state index contributed by atoms with van der Waals surface area (Å²) in [6.07, 6.45) is 0.205. The Morgan fingerprint density at radius 2 is 1.73 bits per heavy atom. The minimum atomic E-state index is -4.13. The Bertz CT molecular complexity index is 1240. The second-order valence-corrected chi connectivity index (χ2v) is 11.2. The number of ketones is 1. The van der Waals surface area contributed by atoms with Gasteiger partial charge in [0, 0.05) is 36.4 Å². The SMILES string of the molecule is NC(=O)[C@@H]1CC(=O)CN1C(=O)c1ccc(-c2ccc(OCC3CCN(CC4(C(F)(F)F)CCC4)CC3)nc2)cc1. The van der Waals surface area contributed by atoms with Crippen LogP contribution in [0.5, 0.6) is 5.88 Å². The number of Topliss-reactive ketones (excluding diaryl/α,β-unsaturated/α-hetero) is 1. The largest absolute Gasteiger partial charge is 0.477 e. The molecular weight excluding hydrogens is 525 g/mol. The van der Waals surface area contributed by atoms with E-state index in [9.17, 15) is 27.6 Å². The van der Waals surface area contributed by atoms with Crippen molar-refractivity contribution in [1.29, 1.82) is 0 Å². The van der Waals surface area contributed by atoms with Crippen molar-refractivity contribution >= 4 is 17.6 Å². The van der Waals surface area contributed by atoms with Gasteiger partial charge >= 0.3 is 6.18 Å². The molecule has 214 valence electrons. The second kappa shape index (κ2) is 11.2. The minimum absolute atomic E-state index is 0.0545. The summed E-state index contributed by atoms with van der Waals surface area (Å²) in [5.41, 5.74) is 5.84. The van der Waals surface area contributed by atoms with E-state index < -0.39 is 29.4 Å². The van der Waals surface area contributed by atoms with E-state index in [-0.39, 0.29) is 44.1 Å². The molecule has 2 N–H and O–H groups in total. The van der Waals surface area contributed by atoms with Gasteiger partial charge in [-0.25, -0.2) is 4.98 Å². The Kier molecular flexibility index (Phi) is 7.85. The van der Waals surface area contributed by atoms with Crippen LogP contribution in [0.4, 0.5) is 13.2 Å². The Labute approximate surface area is 230 Å². The van der Waals surface area contributed by atoms with Crippen LogP contribution in [0.15, 0.2) is 42.6 Å². The molecule has 0 spiro atoms. The number of ether oxygens (including phenoxy) is 1. The third-order valence-electron chi connectivity index (χ3n) is 8.55. The lowest BCUT2D eigenvalue weighted by atomic mass is 9.67. The Balaban J connectivity index is 1.10. The molecule has 5 rings (SSSR count). The molecular formula is C29H33F3N4O4. The number of primary amides is 1. The number of benzene rings is 1. The molecule has 1 aromatic heterocycles. The fourth-order valence-electron chi connectivity index (χ4n) is 5.84. The highest BCUT2D eigenvalue weighted by Crippen LogP contribution is 2.53. The average Bonchev–Trinajstić information content (AvgIpc) is 3.31. The van der Waals surface area contributed by atoms with Crippen LogP contribution in [0.2, 0.25) is 0 Å². The predicted octanol–water partition coefficient (Wildman–Crippen LogP) is 3.84. The van der Waals surface area contributed by atoms with Crippen LogP contribution in [-0.4, -0.2) is 77.4 Å². The minimum Gasteiger partial charge on any atom is -0.477 e. The van der Waals surface area contributed by atoms with Crippen molar-refractivity contribution in [2.24, 2.45) is 17.1 Å². The number of aromatic nitrogens is 1. The number of likely N-dealkylation sites (tertiary alicyclic amines) is 2. The van der Waals surface area contributed by atoms with E-state index in [1.54, 1.807) is 36.5 Å². The molecule has 3 heterocycles. The highest BCUT2D eigenvalue weighted by molar-refractivity contribution is 6.03. The van der Waals surface area contributed by atoms with Gasteiger partial charge in [0.2, 0.25) is 11.8 Å². The highest BCUT2D eigenvalue weighted by atomic mass is 19.4. The number of hydrogen-bond acceptors (Lipinski definition) is 6. The van der Waals surface area contributed by atoms with Crippen LogP contribution in [0.1, 0.15) is 48.9 Å². The summed E-state index contributed by atoms with van der Waals surface area (Å²) in [6, 6.07) is 9.51. The monoisotopic (exact) mass is 558 g/mol. The molecule has 0 unspecified atom stereocenters. The van der Waals surface area contributed by atoms with E-state index in [4.69, 9.17) is 10.5 Å². The number of nitrogens with two attached hydrogens (primary N) is 1. The molecule has 40 heavy (non-hydrogen) atoms. The van der Waals surface area contributed by atoms with E-state index in [0.717, 1.165) is 24.0 Å². The molecule has 2 amide bonds. The molecule has 1 aliphatic carbocycles. The van der Waals surface area contributed by atoms with Crippen LogP contribution >= 0.6 is 0 Å². The number of hydrogen-bond donors (Lipinski definition) is 1. The van der Waals surface area contributed by atoms with E-state index in [1.807, 2.05) is 11.0 Å². The summed E-state index contributed by atoms with van der Waals surface area (Å²) in [4.78, 5) is 43.8. The number of amides is 2. The van der Waals surface area contributed by atoms with Gasteiger partial charge in [0.1, 0.15) is 6.04 Å². The number of pyridine rings is 1. The maximum absolute atomic E-state index is 13.5. The molecule has 0 bridgehead atoms. The van der Waals surface area contributed by atoms with Crippen LogP contribution in [0, 0.1) is 11.3 Å². The Hall–Kier alpha value is -3.47. The average molecular weight is 559 g/mol. The summed E-state index contributed by atoms with van der Waals surface area (Å²) < 4.78 is 46.4. The summed E-state index contributed by atoms with van der Waals surface area (Å²) in [6.45, 7) is 1.74. The van der Waals surface area contributed by atoms with Gasteiger partial charge in [0.15, 0.2) is 5.78 Å². The summed E-state index contributed by atoms with van der Waals surface area (Å²) >= 11 is 0. The van der Waals surface area contributed by atoms with Crippen LogP contribution < -0.4 is 10.5 Å². The lowest BCUT2D eigenvalue weighted by molar-refractivity contribution is -0.256. The molecule has 1 atom stereocenters. The highest BCUT2D eigenvalue weighted by Gasteiger charge is 2.58. The first kappa shape index (κ1) is 28.1. The van der Waals surface area contributed by atoms with Gasteiger partial charge in [0.05, 0.1) is 18.6 Å². The van der Waals surface area contributed by atoms with Crippen LogP contribution in [0.25, 0.3) is 11.1 Å². The molecule has 1 saturated carbocycles. The quantitative estimate of drug-likeness (QED) is 0.528. The number of alkyl halides is 3. The van der Waals surface area contributed by atoms with Crippen molar-refractivity contribution in [3.05, 3.63) is 48.2 Å². The third-order valence-corrected chi connectivity index (χ3v) is 8.55. The van der Waals surface area contributed by atoms with Crippen molar-refractivity contribution in [2.75, 3.05) is 32.8 Å². The summed E-state index contributed by atoms with van der Waals surface area (Å²) in [7, 11) is 0. The van der Waals surface area contributed by atoms with Crippen molar-refractivity contribution < 1.29 is 32.3 Å². The fourth-order valence-corrected chi connectivity index (χ4v) is 5.84. The molecule has 1 aromatic carbocycles. The second-order valence-electron chi connectivity index (χ2n) is 11.2. The maximum Gasteiger partial charge on any atom is 0.395 e. The molecule has 0 radical (unpaired) electrons. The van der Waals surface area contributed by atoms with Crippen molar-refractivity contribution in [1.82, 2.24) is 14.8 Å². The van der Waals surface area contributed by atoms with Gasteiger partial charge in [0.25, 0.3) is 5.91 Å². The Morgan fingerprint density at radius 3 is 2.27 bits per heavy atom. The van der Waals surface area contributed by atoms with Crippen molar-refractivity contribution in [3.63, 3.8) is 0 Å². The summed E-state index contributed by atoms with van der Waals surface area (Å²) in [5, 5.41) is 0. The number of carbonyl (C=O) groups is 3. The van der Waals surface area contributed by atoms with Crippen LogP contribution in [0.3, 0.4) is 0 Å². The van der Waals surface area contributed by atoms with Crippen LogP contribution in [-0.2, 0) is 9.59 Å². The lowest BCUT2D eigenvalue weighted by Gasteiger charge is -2.47. The normalized spacial score (nSPS) is 21.7. The Morgan fingerprint density at radius 1 is 1.05 bits per heavy atom. The number of piperidine rings is 1.